The topological polar surface area (TPSA) is 75.4 Å². The molecule has 0 N–H and O–H groups in total. The average molecular weight is 337 g/mol. The molecule has 0 bridgehead atoms. The Hall–Kier alpha value is -2.96. The molecule has 0 saturated carbocycles. The molecule has 1 aromatic carbocycles. The Bertz CT molecular complexity index is 894. The first kappa shape index (κ1) is 15.6. The van der Waals surface area contributed by atoms with Gasteiger partial charge in [0, 0.05) is 50.1 Å². The molecular formula is C18H19N5O2. The molecule has 0 unspecified atom stereocenters. The Kier molecular flexibility index (Phi) is 4.05. The summed E-state index contributed by atoms with van der Waals surface area (Å²) < 4.78 is 5.30. The highest BCUT2D eigenvalue weighted by molar-refractivity contribution is 5.93. The number of aryl methyl sites for hydroxylation is 1. The van der Waals surface area contributed by atoms with Gasteiger partial charge >= 0.3 is 0 Å². The molecule has 2 aromatic heterocycles. The van der Waals surface area contributed by atoms with E-state index in [0.29, 0.717) is 24.9 Å². The second-order valence-electron chi connectivity index (χ2n) is 6.14. The number of hydrogen-bond donors (Lipinski definition) is 0. The third-order valence-electron chi connectivity index (χ3n) is 4.49. The summed E-state index contributed by atoms with van der Waals surface area (Å²) in [4.78, 5) is 20.9. The lowest BCUT2D eigenvalue weighted by atomic mass is 10.1. The van der Waals surface area contributed by atoms with Crippen molar-refractivity contribution < 1.29 is 9.21 Å². The molecule has 0 atom stereocenters. The van der Waals surface area contributed by atoms with Gasteiger partial charge < -0.3 is 14.2 Å². The van der Waals surface area contributed by atoms with Crippen LogP contribution in [0.4, 0.5) is 5.69 Å². The van der Waals surface area contributed by atoms with E-state index in [1.54, 1.807) is 6.92 Å². The van der Waals surface area contributed by atoms with Crippen molar-refractivity contribution in [2.75, 3.05) is 31.1 Å². The molecule has 0 aliphatic carbocycles. The number of pyridine rings is 1. The van der Waals surface area contributed by atoms with Gasteiger partial charge in [0.05, 0.1) is 11.9 Å². The summed E-state index contributed by atoms with van der Waals surface area (Å²) in [6.45, 7) is 4.64. The quantitative estimate of drug-likeness (QED) is 0.726. The van der Waals surface area contributed by atoms with E-state index in [1.807, 2.05) is 29.4 Å². The Morgan fingerprint density at radius 1 is 1.12 bits per heavy atom. The van der Waals surface area contributed by atoms with Gasteiger partial charge in [0.15, 0.2) is 0 Å². The Morgan fingerprint density at radius 2 is 1.92 bits per heavy atom. The first-order valence-electron chi connectivity index (χ1n) is 8.35. The Morgan fingerprint density at radius 3 is 2.68 bits per heavy atom. The summed E-state index contributed by atoms with van der Waals surface area (Å²) in [5.74, 6) is 0.888. The minimum atomic E-state index is 0.0272. The van der Waals surface area contributed by atoms with E-state index < -0.39 is 0 Å². The first-order chi connectivity index (χ1) is 12.2. The molecule has 0 spiro atoms. The normalized spacial score (nSPS) is 14.9. The summed E-state index contributed by atoms with van der Waals surface area (Å²) in [7, 11) is 0. The number of rotatable bonds is 3. The lowest BCUT2D eigenvalue weighted by Gasteiger charge is -2.36. The number of aromatic nitrogens is 3. The molecule has 3 aromatic rings. The van der Waals surface area contributed by atoms with Crippen molar-refractivity contribution in [3.05, 3.63) is 48.4 Å². The van der Waals surface area contributed by atoms with Crippen molar-refractivity contribution in [1.82, 2.24) is 20.1 Å². The van der Waals surface area contributed by atoms with Gasteiger partial charge in [-0.1, -0.05) is 24.3 Å². The Labute approximate surface area is 145 Å². The van der Waals surface area contributed by atoms with Crippen LogP contribution >= 0.6 is 0 Å². The number of fused-ring (bicyclic) bond motifs is 1. The molecule has 0 radical (unpaired) electrons. The molecule has 4 rings (SSSR count). The van der Waals surface area contributed by atoms with Gasteiger partial charge in [0.2, 0.25) is 17.7 Å². The van der Waals surface area contributed by atoms with Gasteiger partial charge in [-0.2, -0.15) is 0 Å². The molecule has 128 valence electrons. The number of carbonyl (C=O) groups excluding carboxylic acids is 1. The number of benzene rings is 1. The van der Waals surface area contributed by atoms with Crippen LogP contribution in [-0.4, -0.2) is 52.2 Å². The van der Waals surface area contributed by atoms with Crippen LogP contribution in [0.2, 0.25) is 0 Å². The third kappa shape index (κ3) is 3.17. The number of amides is 1. The minimum Gasteiger partial charge on any atom is -0.425 e. The van der Waals surface area contributed by atoms with Crippen LogP contribution in [0.1, 0.15) is 11.8 Å². The summed E-state index contributed by atoms with van der Waals surface area (Å²) >= 11 is 0. The second kappa shape index (κ2) is 6.51. The van der Waals surface area contributed by atoms with E-state index in [1.165, 1.54) is 5.39 Å². The van der Waals surface area contributed by atoms with Crippen molar-refractivity contribution in [1.29, 1.82) is 0 Å². The highest BCUT2D eigenvalue weighted by atomic mass is 16.4. The summed E-state index contributed by atoms with van der Waals surface area (Å²) in [5.41, 5.74) is 1.12. The third-order valence-corrected chi connectivity index (χ3v) is 4.49. The minimum absolute atomic E-state index is 0.0272. The van der Waals surface area contributed by atoms with E-state index in [2.05, 4.69) is 32.2 Å². The van der Waals surface area contributed by atoms with Crippen LogP contribution < -0.4 is 4.90 Å². The molecule has 3 heterocycles. The molecule has 1 fully saturated rings. The zero-order chi connectivity index (χ0) is 17.2. The van der Waals surface area contributed by atoms with Crippen molar-refractivity contribution in [3.8, 4) is 0 Å². The van der Waals surface area contributed by atoms with E-state index >= 15 is 0 Å². The fourth-order valence-corrected chi connectivity index (χ4v) is 3.20. The molecule has 1 aliphatic heterocycles. The maximum atomic E-state index is 12.4. The Balaban J connectivity index is 1.43. The SMILES string of the molecule is Cc1nnc(CC(=O)N2CCN(c3cncc4ccccc34)CC2)o1. The maximum absolute atomic E-state index is 12.4. The van der Waals surface area contributed by atoms with Crippen LogP contribution in [0, 0.1) is 6.92 Å². The fourth-order valence-electron chi connectivity index (χ4n) is 3.20. The predicted octanol–water partition coefficient (Wildman–Crippen LogP) is 1.82. The molecule has 1 aliphatic rings. The van der Waals surface area contributed by atoms with Gasteiger partial charge in [-0.15, -0.1) is 10.2 Å². The van der Waals surface area contributed by atoms with Gasteiger partial charge in [-0.25, -0.2) is 0 Å². The van der Waals surface area contributed by atoms with Crippen LogP contribution in [-0.2, 0) is 11.2 Å². The van der Waals surface area contributed by atoms with E-state index in [0.717, 1.165) is 24.2 Å². The summed E-state index contributed by atoms with van der Waals surface area (Å²) in [5, 5.41) is 9.98. The van der Waals surface area contributed by atoms with Crippen LogP contribution in [0.3, 0.4) is 0 Å². The van der Waals surface area contributed by atoms with Gasteiger partial charge in [0.25, 0.3) is 0 Å². The van der Waals surface area contributed by atoms with Crippen LogP contribution in [0.15, 0.2) is 41.1 Å². The molecule has 1 saturated heterocycles. The number of anilines is 1. The van der Waals surface area contributed by atoms with Crippen LogP contribution in [0.25, 0.3) is 10.8 Å². The smallest absolute Gasteiger partial charge is 0.232 e. The monoisotopic (exact) mass is 337 g/mol. The maximum Gasteiger partial charge on any atom is 0.232 e. The molecule has 7 nitrogen and oxygen atoms in total. The second-order valence-corrected chi connectivity index (χ2v) is 6.14. The summed E-state index contributed by atoms with van der Waals surface area (Å²) in [6.07, 6.45) is 3.95. The van der Waals surface area contributed by atoms with Crippen LogP contribution in [0.5, 0.6) is 0 Å². The zero-order valence-corrected chi connectivity index (χ0v) is 14.1. The first-order valence-corrected chi connectivity index (χ1v) is 8.35. The van der Waals surface area contributed by atoms with Gasteiger partial charge in [0.1, 0.15) is 6.42 Å². The highest BCUT2D eigenvalue weighted by Crippen LogP contribution is 2.26. The number of hydrogen-bond acceptors (Lipinski definition) is 6. The van der Waals surface area contributed by atoms with Crippen molar-refractivity contribution in [2.45, 2.75) is 13.3 Å². The number of piperazine rings is 1. The van der Waals surface area contributed by atoms with E-state index in [4.69, 9.17) is 4.42 Å². The van der Waals surface area contributed by atoms with Gasteiger partial charge in [-0.3, -0.25) is 9.78 Å². The van der Waals surface area contributed by atoms with E-state index in [-0.39, 0.29) is 12.3 Å². The number of nitrogens with zero attached hydrogens (tertiary/aromatic N) is 5. The predicted molar refractivity (Wildman–Crippen MR) is 93.3 cm³/mol. The number of carbonyl (C=O) groups is 1. The van der Waals surface area contributed by atoms with E-state index in [9.17, 15) is 4.79 Å². The highest BCUT2D eigenvalue weighted by Gasteiger charge is 2.23. The zero-order valence-electron chi connectivity index (χ0n) is 14.1. The molecule has 7 heteroatoms. The van der Waals surface area contributed by atoms with Crippen molar-refractivity contribution >= 4 is 22.4 Å². The summed E-state index contributed by atoms with van der Waals surface area (Å²) in [6, 6.07) is 8.24. The van der Waals surface area contributed by atoms with Crippen molar-refractivity contribution in [2.24, 2.45) is 0 Å². The largest absolute Gasteiger partial charge is 0.425 e. The molecule has 25 heavy (non-hydrogen) atoms. The van der Waals surface area contributed by atoms with Crippen molar-refractivity contribution in [3.63, 3.8) is 0 Å². The standard InChI is InChI=1S/C18H19N5O2/c1-13-20-21-17(25-13)10-18(24)23-8-6-22(7-9-23)16-12-19-11-14-4-2-3-5-15(14)16/h2-5,11-12H,6-10H2,1H3. The lowest BCUT2D eigenvalue weighted by molar-refractivity contribution is -0.131. The molecular weight excluding hydrogens is 318 g/mol. The van der Waals surface area contributed by atoms with Gasteiger partial charge in [-0.05, 0) is 0 Å². The average Bonchev–Trinajstić information content (AvgIpc) is 3.06. The lowest BCUT2D eigenvalue weighted by Crippen LogP contribution is -2.49. The molecule has 1 amide bonds. The fraction of sp³-hybridized carbons (Fsp3) is 0.333.